The van der Waals surface area contributed by atoms with Gasteiger partial charge in [0.15, 0.2) is 0 Å². The van der Waals surface area contributed by atoms with E-state index in [-0.39, 0.29) is 11.8 Å². The van der Waals surface area contributed by atoms with Gasteiger partial charge >= 0.3 is 5.97 Å². The van der Waals surface area contributed by atoms with Crippen molar-refractivity contribution in [2.24, 2.45) is 17.8 Å². The zero-order valence-electron chi connectivity index (χ0n) is 13.0. The Morgan fingerprint density at radius 3 is 2.25 bits per heavy atom. The summed E-state index contributed by atoms with van der Waals surface area (Å²) in [6.07, 6.45) is 7.88. The molecule has 2 N–H and O–H groups in total. The fourth-order valence-corrected chi connectivity index (χ4v) is 2.92. The first-order valence-electron chi connectivity index (χ1n) is 7.93. The maximum atomic E-state index is 11.9. The fraction of sp³-hybridized carbons (Fsp3) is 0.875. The summed E-state index contributed by atoms with van der Waals surface area (Å²) in [6, 6.07) is -0.786. The highest BCUT2D eigenvalue weighted by Crippen LogP contribution is 2.32. The van der Waals surface area contributed by atoms with Crippen LogP contribution in [0.5, 0.6) is 0 Å². The van der Waals surface area contributed by atoms with Crippen molar-refractivity contribution in [3.8, 4) is 0 Å². The van der Waals surface area contributed by atoms with E-state index in [1.165, 1.54) is 26.2 Å². The summed E-state index contributed by atoms with van der Waals surface area (Å²) in [4.78, 5) is 22.7. The molecule has 0 bridgehead atoms. The topological polar surface area (TPSA) is 66.4 Å². The Balaban J connectivity index is 2.24. The molecule has 0 aromatic heterocycles. The van der Waals surface area contributed by atoms with Crippen molar-refractivity contribution in [3.63, 3.8) is 0 Å². The highest BCUT2D eigenvalue weighted by molar-refractivity contribution is 5.84. The van der Waals surface area contributed by atoms with Gasteiger partial charge in [-0.3, -0.25) is 9.59 Å². The number of hydrogen-bond donors (Lipinski definition) is 2. The van der Waals surface area contributed by atoms with Gasteiger partial charge in [0.05, 0.1) is 0 Å². The lowest BCUT2D eigenvalue weighted by Gasteiger charge is -2.28. The zero-order chi connectivity index (χ0) is 15.1. The standard InChI is InChI=1S/C16H29NO3/c1-11(2)5-4-6-13-7-9-14(10-8-13)15(18)17-12(3)16(19)20/h11-14H,4-10H2,1-3H3,(H,17,18)(H,19,20)/t12-,13?,14?/m0/s1. The highest BCUT2D eigenvalue weighted by Gasteiger charge is 2.27. The van der Waals surface area contributed by atoms with Crippen LogP contribution in [-0.2, 0) is 9.59 Å². The van der Waals surface area contributed by atoms with Gasteiger partial charge in [-0.05, 0) is 44.4 Å². The van der Waals surface area contributed by atoms with Crippen LogP contribution in [0.1, 0.15) is 65.7 Å². The largest absolute Gasteiger partial charge is 0.480 e. The van der Waals surface area contributed by atoms with E-state index in [0.717, 1.165) is 37.5 Å². The number of rotatable bonds is 7. The molecule has 4 nitrogen and oxygen atoms in total. The monoisotopic (exact) mass is 283 g/mol. The molecule has 4 heteroatoms. The molecule has 0 aliphatic heterocycles. The predicted octanol–water partition coefficient (Wildman–Crippen LogP) is 3.21. The molecule has 1 aliphatic rings. The first kappa shape index (κ1) is 17.0. The molecule has 1 aliphatic carbocycles. The number of hydrogen-bond acceptors (Lipinski definition) is 2. The molecule has 1 rings (SSSR count). The lowest BCUT2D eigenvalue weighted by atomic mass is 9.79. The van der Waals surface area contributed by atoms with Gasteiger partial charge in [0.1, 0.15) is 6.04 Å². The Morgan fingerprint density at radius 2 is 1.75 bits per heavy atom. The summed E-state index contributed by atoms with van der Waals surface area (Å²) < 4.78 is 0. The van der Waals surface area contributed by atoms with Gasteiger partial charge in [0, 0.05) is 5.92 Å². The normalized spacial score (nSPS) is 24.4. The van der Waals surface area contributed by atoms with Crippen LogP contribution in [-0.4, -0.2) is 23.0 Å². The van der Waals surface area contributed by atoms with Crippen molar-refractivity contribution in [1.29, 1.82) is 0 Å². The number of carbonyl (C=O) groups excluding carboxylic acids is 1. The first-order valence-corrected chi connectivity index (χ1v) is 7.93. The maximum absolute atomic E-state index is 11.9. The molecule has 0 spiro atoms. The van der Waals surface area contributed by atoms with Gasteiger partial charge in [0.25, 0.3) is 0 Å². The number of carboxylic acid groups (broad SMARTS) is 1. The third-order valence-electron chi connectivity index (χ3n) is 4.34. The quantitative estimate of drug-likeness (QED) is 0.754. The van der Waals surface area contributed by atoms with Crippen molar-refractivity contribution in [2.75, 3.05) is 0 Å². The van der Waals surface area contributed by atoms with Crippen LogP contribution < -0.4 is 5.32 Å². The van der Waals surface area contributed by atoms with Gasteiger partial charge < -0.3 is 10.4 Å². The Morgan fingerprint density at radius 1 is 1.15 bits per heavy atom. The van der Waals surface area contributed by atoms with Crippen molar-refractivity contribution in [3.05, 3.63) is 0 Å². The van der Waals surface area contributed by atoms with Gasteiger partial charge in [0.2, 0.25) is 5.91 Å². The molecular weight excluding hydrogens is 254 g/mol. The second-order valence-electron chi connectivity index (χ2n) is 6.61. The highest BCUT2D eigenvalue weighted by atomic mass is 16.4. The summed E-state index contributed by atoms with van der Waals surface area (Å²) in [5.41, 5.74) is 0. The van der Waals surface area contributed by atoms with E-state index in [9.17, 15) is 9.59 Å². The van der Waals surface area contributed by atoms with Crippen molar-refractivity contribution in [2.45, 2.75) is 71.8 Å². The van der Waals surface area contributed by atoms with Crippen LogP contribution in [0.25, 0.3) is 0 Å². The van der Waals surface area contributed by atoms with E-state index in [1.54, 1.807) is 0 Å². The molecule has 0 heterocycles. The molecule has 0 radical (unpaired) electrons. The second-order valence-corrected chi connectivity index (χ2v) is 6.61. The molecule has 116 valence electrons. The minimum Gasteiger partial charge on any atom is -0.480 e. The van der Waals surface area contributed by atoms with Crippen molar-refractivity contribution >= 4 is 11.9 Å². The molecule has 20 heavy (non-hydrogen) atoms. The summed E-state index contributed by atoms with van der Waals surface area (Å²) >= 11 is 0. The van der Waals surface area contributed by atoms with E-state index < -0.39 is 12.0 Å². The summed E-state index contributed by atoms with van der Waals surface area (Å²) in [7, 11) is 0. The molecule has 1 atom stereocenters. The molecule has 0 saturated heterocycles. The Kier molecular flexibility index (Phi) is 7.03. The maximum Gasteiger partial charge on any atom is 0.325 e. The third kappa shape index (κ3) is 5.93. The molecular formula is C16H29NO3. The third-order valence-corrected chi connectivity index (χ3v) is 4.34. The van der Waals surface area contributed by atoms with Crippen LogP contribution in [0.15, 0.2) is 0 Å². The molecule has 0 aromatic rings. The number of nitrogens with one attached hydrogen (secondary N) is 1. The number of carbonyl (C=O) groups is 2. The molecule has 0 unspecified atom stereocenters. The number of amides is 1. The van der Waals surface area contributed by atoms with Gasteiger partial charge in [-0.2, -0.15) is 0 Å². The zero-order valence-corrected chi connectivity index (χ0v) is 13.0. The molecule has 1 amide bonds. The predicted molar refractivity (Wildman–Crippen MR) is 79.4 cm³/mol. The van der Waals surface area contributed by atoms with Crippen LogP contribution >= 0.6 is 0 Å². The Bertz CT molecular complexity index is 320. The first-order chi connectivity index (χ1) is 9.40. The molecule has 1 saturated carbocycles. The molecule has 1 fully saturated rings. The summed E-state index contributed by atoms with van der Waals surface area (Å²) in [5, 5.41) is 11.4. The average Bonchev–Trinajstić information content (AvgIpc) is 2.38. The number of aliphatic carboxylic acids is 1. The number of carboxylic acids is 1. The van der Waals surface area contributed by atoms with Gasteiger partial charge in [-0.25, -0.2) is 0 Å². The van der Waals surface area contributed by atoms with E-state index in [0.29, 0.717) is 0 Å². The van der Waals surface area contributed by atoms with Crippen LogP contribution in [0.4, 0.5) is 0 Å². The van der Waals surface area contributed by atoms with Gasteiger partial charge in [-0.15, -0.1) is 0 Å². The lowest BCUT2D eigenvalue weighted by Crippen LogP contribution is -2.42. The van der Waals surface area contributed by atoms with Crippen LogP contribution in [0.2, 0.25) is 0 Å². The van der Waals surface area contributed by atoms with Crippen molar-refractivity contribution < 1.29 is 14.7 Å². The smallest absolute Gasteiger partial charge is 0.325 e. The fourth-order valence-electron chi connectivity index (χ4n) is 2.92. The van der Waals surface area contributed by atoms with Crippen LogP contribution in [0, 0.1) is 17.8 Å². The lowest BCUT2D eigenvalue weighted by molar-refractivity contribution is -0.142. The van der Waals surface area contributed by atoms with E-state index in [2.05, 4.69) is 19.2 Å². The van der Waals surface area contributed by atoms with Gasteiger partial charge in [-0.1, -0.05) is 33.1 Å². The SMILES string of the molecule is CC(C)CCCC1CCC(C(=O)N[C@@H](C)C(=O)O)CC1. The Labute approximate surface area is 122 Å². The second kappa shape index (κ2) is 8.28. The van der Waals surface area contributed by atoms with E-state index in [1.807, 2.05) is 0 Å². The minimum absolute atomic E-state index is 0.0122. The minimum atomic E-state index is -0.972. The van der Waals surface area contributed by atoms with Crippen molar-refractivity contribution in [1.82, 2.24) is 5.32 Å². The summed E-state index contributed by atoms with van der Waals surface area (Å²) in [5.74, 6) is 0.490. The van der Waals surface area contributed by atoms with E-state index >= 15 is 0 Å². The Hall–Kier alpha value is -1.06. The average molecular weight is 283 g/mol. The summed E-state index contributed by atoms with van der Waals surface area (Å²) in [6.45, 7) is 6.02. The molecule has 0 aromatic carbocycles. The van der Waals surface area contributed by atoms with Crippen LogP contribution in [0.3, 0.4) is 0 Å². The van der Waals surface area contributed by atoms with E-state index in [4.69, 9.17) is 5.11 Å².